The van der Waals surface area contributed by atoms with Gasteiger partial charge in [-0.3, -0.25) is 0 Å². The Labute approximate surface area is 100 Å². The Morgan fingerprint density at radius 2 is 1.94 bits per heavy atom. The molecule has 0 aromatic carbocycles. The highest BCUT2D eigenvalue weighted by molar-refractivity contribution is 4.98. The van der Waals surface area contributed by atoms with Crippen LogP contribution in [0.2, 0.25) is 0 Å². The third-order valence-electron chi connectivity index (χ3n) is 4.89. The molecule has 0 spiro atoms. The van der Waals surface area contributed by atoms with Gasteiger partial charge in [0.1, 0.15) is 0 Å². The molecule has 0 radical (unpaired) electrons. The van der Waals surface area contributed by atoms with Crippen LogP contribution in [0.5, 0.6) is 0 Å². The fourth-order valence-corrected chi connectivity index (χ4v) is 3.31. The molecule has 2 nitrogen and oxygen atoms in total. The minimum Gasteiger partial charge on any atom is -0.375 e. The summed E-state index contributed by atoms with van der Waals surface area (Å²) in [6, 6.07) is 0.618. The van der Waals surface area contributed by atoms with Gasteiger partial charge in [-0.2, -0.15) is 0 Å². The van der Waals surface area contributed by atoms with Gasteiger partial charge in [0.25, 0.3) is 0 Å². The van der Waals surface area contributed by atoms with Crippen molar-refractivity contribution in [1.82, 2.24) is 5.32 Å². The van der Waals surface area contributed by atoms with Gasteiger partial charge in [0.05, 0.1) is 12.7 Å². The second-order valence-electron chi connectivity index (χ2n) is 5.68. The quantitative estimate of drug-likeness (QED) is 0.797. The third kappa shape index (κ3) is 2.28. The van der Waals surface area contributed by atoms with E-state index in [1.54, 1.807) is 0 Å². The smallest absolute Gasteiger partial charge is 0.0729 e. The van der Waals surface area contributed by atoms with Gasteiger partial charge < -0.3 is 10.1 Å². The molecule has 16 heavy (non-hydrogen) atoms. The van der Waals surface area contributed by atoms with Crippen LogP contribution in [0, 0.1) is 5.92 Å². The van der Waals surface area contributed by atoms with Gasteiger partial charge in [-0.15, -0.1) is 0 Å². The Kier molecular flexibility index (Phi) is 3.91. The van der Waals surface area contributed by atoms with E-state index < -0.39 is 0 Å². The van der Waals surface area contributed by atoms with E-state index >= 15 is 0 Å². The topological polar surface area (TPSA) is 21.3 Å². The van der Waals surface area contributed by atoms with Crippen LogP contribution in [-0.2, 0) is 4.74 Å². The lowest BCUT2D eigenvalue weighted by Crippen LogP contribution is -2.63. The van der Waals surface area contributed by atoms with Gasteiger partial charge in [-0.25, -0.2) is 0 Å². The molecular weight excluding hydrogens is 198 g/mol. The summed E-state index contributed by atoms with van der Waals surface area (Å²) in [4.78, 5) is 0. The molecule has 2 rings (SSSR count). The maximum atomic E-state index is 6.11. The molecule has 1 saturated carbocycles. The lowest BCUT2D eigenvalue weighted by atomic mass is 9.79. The number of nitrogens with one attached hydrogen (secondary N) is 1. The fourth-order valence-electron chi connectivity index (χ4n) is 3.31. The lowest BCUT2D eigenvalue weighted by molar-refractivity contribution is -0.0878. The molecule has 0 aromatic heterocycles. The van der Waals surface area contributed by atoms with Crippen LogP contribution in [0.4, 0.5) is 0 Å². The largest absolute Gasteiger partial charge is 0.375 e. The summed E-state index contributed by atoms with van der Waals surface area (Å²) in [6.45, 7) is 7.79. The number of hydrogen-bond acceptors (Lipinski definition) is 2. The van der Waals surface area contributed by atoms with E-state index in [0.29, 0.717) is 12.1 Å². The van der Waals surface area contributed by atoms with Crippen molar-refractivity contribution in [2.45, 2.75) is 77.0 Å². The molecule has 2 heteroatoms. The van der Waals surface area contributed by atoms with Crippen molar-refractivity contribution >= 4 is 0 Å². The highest BCUT2D eigenvalue weighted by atomic mass is 16.5. The second-order valence-corrected chi connectivity index (χ2v) is 5.68. The Balaban J connectivity index is 2.00. The number of rotatable bonds is 3. The first-order valence-corrected chi connectivity index (χ1v) is 7.12. The Bertz CT molecular complexity index is 225. The summed E-state index contributed by atoms with van der Waals surface area (Å²) in [5.41, 5.74) is 0.261. The van der Waals surface area contributed by atoms with Crippen molar-refractivity contribution in [2.75, 3.05) is 6.61 Å². The summed E-state index contributed by atoms with van der Waals surface area (Å²) >= 11 is 0. The van der Waals surface area contributed by atoms with Gasteiger partial charge >= 0.3 is 0 Å². The molecule has 2 aliphatic rings. The Hall–Kier alpha value is -0.0800. The van der Waals surface area contributed by atoms with Crippen LogP contribution in [0.25, 0.3) is 0 Å². The highest BCUT2D eigenvalue weighted by Gasteiger charge is 2.41. The second kappa shape index (κ2) is 5.05. The average molecular weight is 225 g/mol. The summed E-state index contributed by atoms with van der Waals surface area (Å²) in [7, 11) is 0. The fraction of sp³-hybridized carbons (Fsp3) is 1.00. The van der Waals surface area contributed by atoms with E-state index in [2.05, 4.69) is 26.1 Å². The predicted octanol–water partition coefficient (Wildman–Crippen LogP) is 3.11. The number of ether oxygens (including phenoxy) is 1. The van der Waals surface area contributed by atoms with Gasteiger partial charge in [0.2, 0.25) is 0 Å². The molecule has 0 aromatic rings. The predicted molar refractivity (Wildman–Crippen MR) is 67.6 cm³/mol. The molecule has 3 unspecified atom stereocenters. The van der Waals surface area contributed by atoms with Crippen LogP contribution in [0.3, 0.4) is 0 Å². The third-order valence-corrected chi connectivity index (χ3v) is 4.89. The van der Waals surface area contributed by atoms with Gasteiger partial charge in [0, 0.05) is 11.6 Å². The van der Waals surface area contributed by atoms with E-state index in [0.717, 1.165) is 12.5 Å². The van der Waals surface area contributed by atoms with Crippen molar-refractivity contribution in [1.29, 1.82) is 0 Å². The maximum absolute atomic E-state index is 6.11. The monoisotopic (exact) mass is 225 g/mol. The first-order chi connectivity index (χ1) is 7.73. The van der Waals surface area contributed by atoms with Crippen molar-refractivity contribution in [3.8, 4) is 0 Å². The first-order valence-electron chi connectivity index (χ1n) is 7.12. The molecule has 1 aliphatic heterocycles. The number of hydrogen-bond donors (Lipinski definition) is 1. The number of fused-ring (bicyclic) bond motifs is 1. The summed E-state index contributed by atoms with van der Waals surface area (Å²) in [5, 5.41) is 3.91. The first kappa shape index (κ1) is 12.4. The molecule has 1 aliphatic carbocycles. The normalized spacial score (nSPS) is 38.1. The Morgan fingerprint density at radius 1 is 1.19 bits per heavy atom. The van der Waals surface area contributed by atoms with Crippen LogP contribution in [0.15, 0.2) is 0 Å². The average Bonchev–Trinajstić information content (AvgIpc) is 2.37. The molecule has 0 bridgehead atoms. The van der Waals surface area contributed by atoms with Gasteiger partial charge in [-0.05, 0) is 38.0 Å². The van der Waals surface area contributed by atoms with E-state index in [9.17, 15) is 0 Å². The molecule has 1 heterocycles. The molecule has 1 saturated heterocycles. The van der Waals surface area contributed by atoms with Gasteiger partial charge in [0.15, 0.2) is 0 Å². The van der Waals surface area contributed by atoms with E-state index in [1.807, 2.05) is 0 Å². The molecular formula is C14H27NO. The van der Waals surface area contributed by atoms with Crippen molar-refractivity contribution in [3.63, 3.8) is 0 Å². The highest BCUT2D eigenvalue weighted by Crippen LogP contribution is 2.34. The van der Waals surface area contributed by atoms with E-state index in [1.165, 1.54) is 38.5 Å². The van der Waals surface area contributed by atoms with E-state index in [4.69, 9.17) is 4.74 Å². The van der Waals surface area contributed by atoms with Crippen LogP contribution in [0.1, 0.15) is 59.3 Å². The minimum absolute atomic E-state index is 0.261. The Morgan fingerprint density at radius 3 is 2.56 bits per heavy atom. The summed E-state index contributed by atoms with van der Waals surface area (Å²) < 4.78 is 6.11. The summed E-state index contributed by atoms with van der Waals surface area (Å²) in [5.74, 6) is 0.918. The molecule has 0 amide bonds. The zero-order valence-corrected chi connectivity index (χ0v) is 11.1. The summed E-state index contributed by atoms with van der Waals surface area (Å²) in [6.07, 6.45) is 8.14. The minimum atomic E-state index is 0.261. The van der Waals surface area contributed by atoms with Crippen LogP contribution >= 0.6 is 0 Å². The molecule has 94 valence electrons. The SMILES string of the molecule is CCC1CCC2OCC(CC)(CC)NC2C1. The maximum Gasteiger partial charge on any atom is 0.0729 e. The van der Waals surface area contributed by atoms with Crippen molar-refractivity contribution in [3.05, 3.63) is 0 Å². The molecule has 2 fully saturated rings. The van der Waals surface area contributed by atoms with Crippen molar-refractivity contribution < 1.29 is 4.74 Å². The standard InChI is InChI=1S/C14H27NO/c1-4-11-7-8-13-12(9-11)15-14(5-2,6-3)10-16-13/h11-13,15H,4-10H2,1-3H3. The lowest BCUT2D eigenvalue weighted by Gasteiger charge is -2.48. The zero-order chi connectivity index (χ0) is 11.6. The van der Waals surface area contributed by atoms with E-state index in [-0.39, 0.29) is 5.54 Å². The van der Waals surface area contributed by atoms with Crippen LogP contribution in [-0.4, -0.2) is 24.3 Å². The van der Waals surface area contributed by atoms with Crippen molar-refractivity contribution in [2.24, 2.45) is 5.92 Å². The molecule has 3 atom stereocenters. The van der Waals surface area contributed by atoms with Gasteiger partial charge in [-0.1, -0.05) is 27.2 Å². The molecule has 1 N–H and O–H groups in total. The van der Waals surface area contributed by atoms with Crippen LogP contribution < -0.4 is 5.32 Å². The number of morpholine rings is 1. The zero-order valence-electron chi connectivity index (χ0n) is 11.1.